The number of nitrogens with one attached hydrogen (secondary N) is 4. The van der Waals surface area contributed by atoms with Crippen molar-refractivity contribution in [2.24, 2.45) is 11.8 Å². The third-order valence-electron chi connectivity index (χ3n) is 18.4. The summed E-state index contributed by atoms with van der Waals surface area (Å²) in [6, 6.07) is 21.1. The zero-order chi connectivity index (χ0) is 71.5. The Labute approximate surface area is 575 Å². The fourth-order valence-corrected chi connectivity index (χ4v) is 12.2. The van der Waals surface area contributed by atoms with Crippen molar-refractivity contribution >= 4 is 82.5 Å². The largest absolute Gasteiger partial charge is 0.342 e. The number of likely N-dealkylation sites (tertiary alicyclic amines) is 1. The van der Waals surface area contributed by atoms with Gasteiger partial charge in [0.15, 0.2) is 0 Å². The summed E-state index contributed by atoms with van der Waals surface area (Å²) in [4.78, 5) is 186. The van der Waals surface area contributed by atoms with E-state index >= 15 is 19.2 Å². The van der Waals surface area contributed by atoms with E-state index in [1.165, 1.54) is 71.0 Å². The quantitative estimate of drug-likeness (QED) is 0.159. The second-order valence-corrected chi connectivity index (χ2v) is 26.6. The van der Waals surface area contributed by atoms with E-state index in [1.807, 2.05) is 26.0 Å². The Morgan fingerprint density at radius 3 is 1.62 bits per heavy atom. The third kappa shape index (κ3) is 21.2. The van der Waals surface area contributed by atoms with Crippen LogP contribution >= 0.6 is 11.6 Å². The highest BCUT2D eigenvalue weighted by molar-refractivity contribution is 6.30. The minimum atomic E-state index is -1.47. The predicted molar refractivity (Wildman–Crippen MR) is 368 cm³/mol. The van der Waals surface area contributed by atoms with Gasteiger partial charge in [-0.2, -0.15) is 0 Å². The molecule has 4 aromatic carbocycles. The number of hydrogen-bond donors (Lipinski definition) is 4. The van der Waals surface area contributed by atoms with Crippen molar-refractivity contribution < 1.29 is 57.5 Å². The van der Waals surface area contributed by atoms with Gasteiger partial charge >= 0.3 is 0 Å². The maximum atomic E-state index is 15.5. The zero-order valence-corrected chi connectivity index (χ0v) is 59.0. The van der Waals surface area contributed by atoms with Crippen LogP contribution in [-0.2, 0) is 83.2 Å². The van der Waals surface area contributed by atoms with E-state index in [0.717, 1.165) is 25.2 Å². The third-order valence-corrected chi connectivity index (χ3v) is 18.7. The topological polar surface area (TPSA) is 279 Å². The molecule has 0 saturated carbocycles. The van der Waals surface area contributed by atoms with Crippen molar-refractivity contribution in [1.29, 1.82) is 0 Å². The molecule has 4 N–H and O–H groups in total. The molecule has 2 saturated heterocycles. The molecule has 97 heavy (non-hydrogen) atoms. The van der Waals surface area contributed by atoms with Gasteiger partial charge in [-0.25, -0.2) is 0 Å². The molecule has 2 fully saturated rings. The normalized spacial score (nSPS) is 23.5. The summed E-state index contributed by atoms with van der Waals surface area (Å²) in [5, 5.41) is 11.8. The van der Waals surface area contributed by atoms with Crippen molar-refractivity contribution in [2.75, 3.05) is 82.1 Å². The SMILES string of the molecule is CC[C@H](C)[C@@H]1NC(=O)[C@H](C)N(C)C(=O)CC(C(=O)N2CCCC2)NC(=O)[C@H](C(C)C)N(C)C(=O)[C@H](Cc2ccccc2)N(C)C(=O)[C@H](Cc2ccccc2)NC(=O)[C@H](Cc2cccc(C)c2)NC(=O)CN(C)C(=O)[C@H](Cc2ccc(Cl)cc2)N(C)C(=O)CN(C)C(=O)CN(C)C1=O. The lowest BCUT2D eigenvalue weighted by Crippen LogP contribution is -2.61. The van der Waals surface area contributed by atoms with Crippen molar-refractivity contribution in [3.05, 3.63) is 142 Å². The lowest BCUT2D eigenvalue weighted by molar-refractivity contribution is -0.150. The van der Waals surface area contributed by atoms with Crippen LogP contribution in [0.15, 0.2) is 109 Å². The molecular weight excluding hydrogens is 1260 g/mol. The molecule has 9 atom stereocenters. The summed E-state index contributed by atoms with van der Waals surface area (Å²) in [6.45, 7) is 9.29. The van der Waals surface area contributed by atoms with Crippen LogP contribution in [0.4, 0.5) is 0 Å². The maximum absolute atomic E-state index is 15.5. The number of carbonyl (C=O) groups excluding carboxylic acids is 12. The lowest BCUT2D eigenvalue weighted by atomic mass is 9.97. The molecule has 24 nitrogen and oxygen atoms in total. The van der Waals surface area contributed by atoms with Crippen molar-refractivity contribution in [3.8, 4) is 0 Å². The van der Waals surface area contributed by atoms with E-state index in [0.29, 0.717) is 59.6 Å². The van der Waals surface area contributed by atoms with Gasteiger partial charge in [0.2, 0.25) is 70.9 Å². The lowest BCUT2D eigenvalue weighted by Gasteiger charge is -2.38. The van der Waals surface area contributed by atoms with Gasteiger partial charge in [0.1, 0.15) is 48.3 Å². The molecule has 0 aliphatic carbocycles. The first-order valence-electron chi connectivity index (χ1n) is 33.1. The minimum Gasteiger partial charge on any atom is -0.342 e. The van der Waals surface area contributed by atoms with Crippen LogP contribution in [-0.4, -0.2) is 240 Å². The van der Waals surface area contributed by atoms with Gasteiger partial charge in [0.25, 0.3) is 0 Å². The first kappa shape index (κ1) is 76.8. The smallest absolute Gasteiger partial charge is 0.246 e. The fourth-order valence-electron chi connectivity index (χ4n) is 12.1. The summed E-state index contributed by atoms with van der Waals surface area (Å²) in [5.74, 6) is -9.50. The molecule has 0 radical (unpaired) electrons. The zero-order valence-electron chi connectivity index (χ0n) is 58.2. The average Bonchev–Trinajstić information content (AvgIpc) is 0.925. The predicted octanol–water partition coefficient (Wildman–Crippen LogP) is 3.29. The Morgan fingerprint density at radius 2 is 1.04 bits per heavy atom. The molecule has 4 aromatic rings. The van der Waals surface area contributed by atoms with E-state index in [1.54, 1.807) is 123 Å². The molecule has 12 amide bonds. The van der Waals surface area contributed by atoms with Gasteiger partial charge < -0.3 is 60.5 Å². The number of nitrogens with zero attached hydrogens (tertiary/aromatic N) is 8. The van der Waals surface area contributed by atoms with Gasteiger partial charge in [0.05, 0.1) is 26.1 Å². The number of rotatable bonds is 12. The van der Waals surface area contributed by atoms with Crippen LogP contribution in [0.3, 0.4) is 0 Å². The summed E-state index contributed by atoms with van der Waals surface area (Å²) in [6.07, 6.45) is 0.885. The number of aryl methyl sites for hydroxylation is 1. The standard InChI is InChI=1S/C72H97ClN12O12/c1-14-47(5)63-72(97)80(9)43-61(88)78(7)44-62(89)82(11)57(40-51-30-32-53(73)33-31-51)70(95)79(8)42-59(86)74-54(38-52-29-23-24-46(4)36-52)66(91)75-55(37-49-25-17-15-18-26-49)68(93)83(12)58(39-50-27-19-16-20-28-50)71(96)84(13)64(45(2)3)67(92)76-56(69(94)85-34-21-22-35-85)41-60(87)81(10)48(6)65(90)77-63/h15-20,23-33,36,45,47-48,54-58,63-64H,14,21-22,34-35,37-44H2,1-13H3,(H,74,86)(H,75,91)(H,76,92)(H,77,90)/t47-,48-,54-,55-,56?,57-,58-,63-,64-/m0/s1. The molecule has 524 valence electrons. The summed E-state index contributed by atoms with van der Waals surface area (Å²) >= 11 is 6.25. The minimum absolute atomic E-state index is 0.0597. The highest BCUT2D eigenvalue weighted by atomic mass is 35.5. The van der Waals surface area contributed by atoms with Crippen LogP contribution in [0.1, 0.15) is 88.1 Å². The Morgan fingerprint density at radius 1 is 0.505 bits per heavy atom. The van der Waals surface area contributed by atoms with E-state index in [-0.39, 0.29) is 25.7 Å². The molecular formula is C72H97ClN12O12. The molecule has 1 unspecified atom stereocenters. The molecule has 25 heteroatoms. The van der Waals surface area contributed by atoms with Crippen LogP contribution in [0.25, 0.3) is 0 Å². The molecule has 0 aromatic heterocycles. The Bertz CT molecular complexity index is 3440. The molecule has 2 aliphatic rings. The van der Waals surface area contributed by atoms with Gasteiger partial charge in [-0.1, -0.05) is 148 Å². The maximum Gasteiger partial charge on any atom is 0.246 e. The number of amides is 12. The molecule has 2 heterocycles. The first-order chi connectivity index (χ1) is 45.9. The highest BCUT2D eigenvalue weighted by Gasteiger charge is 2.42. The summed E-state index contributed by atoms with van der Waals surface area (Å²) < 4.78 is 0. The molecule has 0 spiro atoms. The highest BCUT2D eigenvalue weighted by Crippen LogP contribution is 2.22. The monoisotopic (exact) mass is 1360 g/mol. The van der Waals surface area contributed by atoms with Crippen LogP contribution < -0.4 is 21.3 Å². The Balaban J connectivity index is 1.45. The second-order valence-electron chi connectivity index (χ2n) is 26.2. The van der Waals surface area contributed by atoms with Gasteiger partial charge in [-0.15, -0.1) is 0 Å². The number of likely N-dealkylation sites (N-methyl/N-ethyl adjacent to an activating group) is 7. The number of halogens is 1. The number of carbonyl (C=O) groups is 12. The van der Waals surface area contributed by atoms with E-state index < -0.39 is 157 Å². The van der Waals surface area contributed by atoms with Crippen molar-refractivity contribution in [3.63, 3.8) is 0 Å². The van der Waals surface area contributed by atoms with Crippen LogP contribution in [0, 0.1) is 18.8 Å². The van der Waals surface area contributed by atoms with Crippen molar-refractivity contribution in [2.45, 2.75) is 141 Å². The number of benzene rings is 4. The van der Waals surface area contributed by atoms with Gasteiger partial charge in [0, 0.05) is 93.1 Å². The average molecular weight is 1360 g/mol. The second kappa shape index (κ2) is 35.7. The molecule has 0 bridgehead atoms. The van der Waals surface area contributed by atoms with E-state index in [9.17, 15) is 38.4 Å². The summed E-state index contributed by atoms with van der Waals surface area (Å²) in [5.41, 5.74) is 3.39. The van der Waals surface area contributed by atoms with Crippen LogP contribution in [0.5, 0.6) is 0 Å². The molecule has 6 rings (SSSR count). The Kier molecular flexibility index (Phi) is 28.3. The van der Waals surface area contributed by atoms with Crippen LogP contribution in [0.2, 0.25) is 5.02 Å². The molecule has 2 aliphatic heterocycles. The van der Waals surface area contributed by atoms with E-state index in [2.05, 4.69) is 21.3 Å². The fraction of sp³-hybridized carbons (Fsp3) is 0.500. The number of hydrogen-bond acceptors (Lipinski definition) is 12. The van der Waals surface area contributed by atoms with E-state index in [4.69, 9.17) is 11.6 Å². The summed E-state index contributed by atoms with van der Waals surface area (Å²) in [7, 11) is 9.70. The first-order valence-corrected chi connectivity index (χ1v) is 33.4. The van der Waals surface area contributed by atoms with Gasteiger partial charge in [-0.3, -0.25) is 57.5 Å². The van der Waals surface area contributed by atoms with Crippen molar-refractivity contribution in [1.82, 2.24) is 60.5 Å². The van der Waals surface area contributed by atoms with Gasteiger partial charge in [-0.05, 0) is 72.9 Å². The Hall–Kier alpha value is -9.19.